The molecule has 14 heteroatoms. The van der Waals surface area contributed by atoms with Crippen LogP contribution in [-0.2, 0) is 4.79 Å². The van der Waals surface area contributed by atoms with E-state index in [1.165, 1.54) is 36.7 Å². The first-order chi connectivity index (χ1) is 17.0. The molecule has 0 radical (unpaired) electrons. The van der Waals surface area contributed by atoms with Crippen molar-refractivity contribution in [2.75, 3.05) is 36.4 Å². The smallest absolute Gasteiger partial charge is 0.403 e. The molecule has 1 fully saturated rings. The normalized spacial score (nSPS) is 14.1. The Balaban J connectivity index is 1.45. The number of aromatic nitrogens is 2. The van der Waals surface area contributed by atoms with Crippen molar-refractivity contribution in [3.05, 3.63) is 52.2 Å². The third-order valence-electron chi connectivity index (χ3n) is 5.30. The molecule has 0 saturated carbocycles. The van der Waals surface area contributed by atoms with Gasteiger partial charge in [-0.25, -0.2) is 14.4 Å². The van der Waals surface area contributed by atoms with Gasteiger partial charge in [0.05, 0.1) is 16.3 Å². The highest BCUT2D eigenvalue weighted by Crippen LogP contribution is 2.34. The van der Waals surface area contributed by atoms with Gasteiger partial charge in [-0.1, -0.05) is 17.7 Å². The number of anilines is 2. The molecule has 3 aromatic rings. The van der Waals surface area contributed by atoms with Crippen molar-refractivity contribution in [1.29, 1.82) is 0 Å². The third-order valence-corrected chi connectivity index (χ3v) is 6.33. The summed E-state index contributed by atoms with van der Waals surface area (Å²) in [5, 5.41) is 4.28. The number of carbonyl (C=O) groups excluding carboxylic acids is 2. The molecule has 190 valence electrons. The second kappa shape index (κ2) is 10.3. The number of alkyl halides is 3. The Morgan fingerprint density at radius 3 is 2.56 bits per heavy atom. The number of hydrogen-bond donors (Lipinski definition) is 1. The summed E-state index contributed by atoms with van der Waals surface area (Å²) in [4.78, 5) is 36.2. The van der Waals surface area contributed by atoms with E-state index in [9.17, 15) is 27.2 Å². The summed E-state index contributed by atoms with van der Waals surface area (Å²) >= 11 is 7.32. The van der Waals surface area contributed by atoms with Crippen LogP contribution in [0.3, 0.4) is 0 Å². The molecule has 1 saturated heterocycles. The zero-order valence-corrected chi connectivity index (χ0v) is 20.2. The van der Waals surface area contributed by atoms with Crippen LogP contribution >= 0.6 is 22.9 Å². The minimum absolute atomic E-state index is 0.00356. The van der Waals surface area contributed by atoms with E-state index in [4.69, 9.17) is 11.6 Å². The van der Waals surface area contributed by atoms with Crippen molar-refractivity contribution in [2.24, 2.45) is 0 Å². The van der Waals surface area contributed by atoms with Gasteiger partial charge in [0, 0.05) is 50.2 Å². The molecule has 0 atom stereocenters. The monoisotopic (exact) mass is 543 g/mol. The van der Waals surface area contributed by atoms with Gasteiger partial charge in [-0.15, -0.1) is 24.5 Å². The van der Waals surface area contributed by atoms with Crippen molar-refractivity contribution in [2.45, 2.75) is 13.3 Å². The summed E-state index contributed by atoms with van der Waals surface area (Å²) in [7, 11) is 0. The van der Waals surface area contributed by atoms with Gasteiger partial charge in [-0.2, -0.15) is 0 Å². The minimum Gasteiger partial charge on any atom is -0.403 e. The maximum absolute atomic E-state index is 14.5. The second-order valence-corrected chi connectivity index (χ2v) is 8.95. The van der Waals surface area contributed by atoms with E-state index in [0.717, 1.165) is 17.4 Å². The summed E-state index contributed by atoms with van der Waals surface area (Å²) < 4.78 is 55.7. The molecule has 8 nitrogen and oxygen atoms in total. The molecular formula is C22H18ClF4N5O3S. The first kappa shape index (κ1) is 25.6. The maximum atomic E-state index is 14.5. The van der Waals surface area contributed by atoms with Crippen molar-refractivity contribution < 1.29 is 31.9 Å². The molecule has 0 unspecified atom stereocenters. The lowest BCUT2D eigenvalue weighted by Gasteiger charge is -2.35. The summed E-state index contributed by atoms with van der Waals surface area (Å²) in [5.41, 5.74) is -0.0429. The fourth-order valence-corrected chi connectivity index (χ4v) is 4.55. The Bertz CT molecular complexity index is 1290. The number of hydrogen-bond acceptors (Lipinski definition) is 7. The Kier molecular flexibility index (Phi) is 7.31. The Labute approximate surface area is 211 Å². The first-order valence-electron chi connectivity index (χ1n) is 10.5. The largest absolute Gasteiger partial charge is 0.573 e. The van der Waals surface area contributed by atoms with Crippen LogP contribution in [0.5, 0.6) is 5.75 Å². The fraction of sp³-hybridized carbons (Fsp3) is 0.273. The number of halogens is 5. The average Bonchev–Trinajstić information content (AvgIpc) is 3.27. The molecule has 0 spiro atoms. The van der Waals surface area contributed by atoms with Crippen LogP contribution in [0.4, 0.5) is 28.5 Å². The van der Waals surface area contributed by atoms with Crippen LogP contribution in [0.15, 0.2) is 35.8 Å². The second-order valence-electron chi connectivity index (χ2n) is 7.68. The molecule has 3 heterocycles. The van der Waals surface area contributed by atoms with E-state index < -0.39 is 23.8 Å². The van der Waals surface area contributed by atoms with Crippen LogP contribution in [0.1, 0.15) is 17.3 Å². The van der Waals surface area contributed by atoms with Gasteiger partial charge in [0.15, 0.2) is 16.7 Å². The van der Waals surface area contributed by atoms with Crippen molar-refractivity contribution in [1.82, 2.24) is 14.9 Å². The van der Waals surface area contributed by atoms with Gasteiger partial charge >= 0.3 is 6.36 Å². The van der Waals surface area contributed by atoms with Gasteiger partial charge in [0.25, 0.3) is 5.91 Å². The molecule has 1 aliphatic rings. The highest BCUT2D eigenvalue weighted by atomic mass is 35.5. The summed E-state index contributed by atoms with van der Waals surface area (Å²) in [6, 6.07) is 4.75. The van der Waals surface area contributed by atoms with E-state index in [2.05, 4.69) is 20.0 Å². The van der Waals surface area contributed by atoms with Crippen LogP contribution < -0.4 is 15.0 Å². The Morgan fingerprint density at radius 1 is 1.19 bits per heavy atom. The predicted molar refractivity (Wildman–Crippen MR) is 126 cm³/mol. The van der Waals surface area contributed by atoms with Gasteiger partial charge < -0.3 is 14.5 Å². The minimum atomic E-state index is -5.05. The average molecular weight is 544 g/mol. The highest BCUT2D eigenvalue weighted by molar-refractivity contribution is 7.14. The number of pyridine rings is 1. The fourth-order valence-electron chi connectivity index (χ4n) is 3.56. The zero-order chi connectivity index (χ0) is 26.0. The standard InChI is InChI=1S/C22H18ClF4N5O3S/c1-12(33)31-5-7-32(8-6-31)19-15(23)9-13(10-28-19)20(34)30-21-29-16(11-36-21)14-3-2-4-17(18(14)24)35-22(25,26)27/h2-4,9-11H,5-8H2,1H3,(H,29,30,34). The number of nitrogens with zero attached hydrogens (tertiary/aromatic N) is 4. The number of rotatable bonds is 5. The summed E-state index contributed by atoms with van der Waals surface area (Å²) in [5.74, 6) is -2.30. The summed E-state index contributed by atoms with van der Waals surface area (Å²) in [6.07, 6.45) is -3.70. The van der Waals surface area contributed by atoms with Crippen LogP contribution in [-0.4, -0.2) is 59.2 Å². The lowest BCUT2D eigenvalue weighted by Crippen LogP contribution is -2.48. The molecule has 2 amide bonds. The Hall–Kier alpha value is -3.45. The molecule has 1 N–H and O–H groups in total. The van der Waals surface area contributed by atoms with Crippen LogP contribution in [0.25, 0.3) is 11.3 Å². The van der Waals surface area contributed by atoms with Gasteiger partial charge in [-0.3, -0.25) is 14.9 Å². The number of nitrogens with one attached hydrogen (secondary N) is 1. The van der Waals surface area contributed by atoms with Gasteiger partial charge in [0.1, 0.15) is 5.82 Å². The predicted octanol–water partition coefficient (Wildman–Crippen LogP) is 4.82. The number of ether oxygens (including phenoxy) is 1. The number of amides is 2. The topological polar surface area (TPSA) is 87.7 Å². The van der Waals surface area contributed by atoms with E-state index in [-0.39, 0.29) is 32.9 Å². The maximum Gasteiger partial charge on any atom is 0.573 e. The SMILES string of the molecule is CC(=O)N1CCN(c2ncc(C(=O)Nc3nc(-c4cccc(OC(F)(F)F)c4F)cs3)cc2Cl)CC1. The number of thiazole rings is 1. The lowest BCUT2D eigenvalue weighted by molar-refractivity contribution is -0.275. The van der Waals surface area contributed by atoms with E-state index in [0.29, 0.717) is 32.0 Å². The van der Waals surface area contributed by atoms with Crippen molar-refractivity contribution in [3.63, 3.8) is 0 Å². The molecule has 2 aromatic heterocycles. The lowest BCUT2D eigenvalue weighted by atomic mass is 10.1. The van der Waals surface area contributed by atoms with E-state index in [1.807, 2.05) is 4.90 Å². The van der Waals surface area contributed by atoms with E-state index >= 15 is 0 Å². The Morgan fingerprint density at radius 2 is 1.92 bits per heavy atom. The highest BCUT2D eigenvalue weighted by Gasteiger charge is 2.33. The molecule has 1 aromatic carbocycles. The molecule has 1 aliphatic heterocycles. The van der Waals surface area contributed by atoms with Crippen LogP contribution in [0, 0.1) is 5.82 Å². The molecule has 0 aliphatic carbocycles. The first-order valence-corrected chi connectivity index (χ1v) is 11.7. The number of piperazine rings is 1. The molecule has 36 heavy (non-hydrogen) atoms. The van der Waals surface area contributed by atoms with Crippen molar-refractivity contribution in [3.8, 4) is 17.0 Å². The van der Waals surface area contributed by atoms with Gasteiger partial charge in [-0.05, 0) is 18.2 Å². The van der Waals surface area contributed by atoms with Gasteiger partial charge in [0.2, 0.25) is 5.91 Å². The quantitative estimate of drug-likeness (QED) is 0.464. The number of benzene rings is 1. The number of carbonyl (C=O) groups is 2. The van der Waals surface area contributed by atoms with E-state index in [1.54, 1.807) is 4.90 Å². The van der Waals surface area contributed by atoms with Crippen molar-refractivity contribution >= 4 is 45.7 Å². The zero-order valence-electron chi connectivity index (χ0n) is 18.6. The molecular weight excluding hydrogens is 526 g/mol. The summed E-state index contributed by atoms with van der Waals surface area (Å²) in [6.45, 7) is 3.67. The molecule has 4 rings (SSSR count). The van der Waals surface area contributed by atoms with Crippen LogP contribution in [0.2, 0.25) is 5.02 Å². The third kappa shape index (κ3) is 5.85. The molecule has 0 bridgehead atoms.